The van der Waals surface area contributed by atoms with Gasteiger partial charge in [-0.1, -0.05) is 12.8 Å². The van der Waals surface area contributed by atoms with Crippen molar-refractivity contribution in [2.75, 3.05) is 7.11 Å². The summed E-state index contributed by atoms with van der Waals surface area (Å²) in [5, 5.41) is -0.0900. The molecule has 0 atom stereocenters. The Bertz CT molecular complexity index is 1130. The number of H-pyrrole nitrogens is 1. The van der Waals surface area contributed by atoms with Gasteiger partial charge in [-0.3, -0.25) is 14.3 Å². The number of ether oxygens (including phenoxy) is 1. The molecule has 2 aromatic heterocycles. The van der Waals surface area contributed by atoms with Crippen molar-refractivity contribution in [3.8, 4) is 17.0 Å². The molecule has 146 valence electrons. The summed E-state index contributed by atoms with van der Waals surface area (Å²) < 4.78 is 34.9. The van der Waals surface area contributed by atoms with Gasteiger partial charge in [0.1, 0.15) is 11.4 Å². The molecule has 8 heteroatoms. The quantitative estimate of drug-likeness (QED) is 0.610. The molecular weight excluding hydrogens is 384 g/mol. The number of alkyl halides is 2. The highest BCUT2D eigenvalue weighted by atomic mass is 32.1. The van der Waals surface area contributed by atoms with Crippen molar-refractivity contribution >= 4 is 23.3 Å². The van der Waals surface area contributed by atoms with E-state index in [2.05, 4.69) is 9.97 Å². The van der Waals surface area contributed by atoms with Gasteiger partial charge in [0.15, 0.2) is 4.77 Å². The minimum atomic E-state index is -2.81. The van der Waals surface area contributed by atoms with Crippen LogP contribution in [-0.2, 0) is 0 Å². The molecule has 1 saturated carbocycles. The van der Waals surface area contributed by atoms with Gasteiger partial charge in [-0.25, -0.2) is 13.8 Å². The number of fused-ring (bicyclic) bond motifs is 1. The van der Waals surface area contributed by atoms with E-state index >= 15 is 0 Å². The minimum absolute atomic E-state index is 0.0518. The van der Waals surface area contributed by atoms with E-state index in [0.29, 0.717) is 17.0 Å². The van der Waals surface area contributed by atoms with E-state index in [1.54, 1.807) is 35.9 Å². The maximum atomic E-state index is 13.9. The molecule has 0 bridgehead atoms. The number of benzene rings is 1. The van der Waals surface area contributed by atoms with Crippen molar-refractivity contribution in [3.05, 3.63) is 51.0 Å². The predicted octanol–water partition coefficient (Wildman–Crippen LogP) is 5.18. The lowest BCUT2D eigenvalue weighted by molar-refractivity contribution is 0.153. The van der Waals surface area contributed by atoms with Gasteiger partial charge in [0, 0.05) is 17.2 Å². The van der Waals surface area contributed by atoms with Gasteiger partial charge in [-0.05, 0) is 55.4 Å². The number of hydrogen-bond acceptors (Lipinski definition) is 4. The molecule has 0 spiro atoms. The van der Waals surface area contributed by atoms with Crippen LogP contribution in [0.25, 0.3) is 22.3 Å². The lowest BCUT2D eigenvalue weighted by Crippen LogP contribution is -2.20. The van der Waals surface area contributed by atoms with Gasteiger partial charge in [-0.2, -0.15) is 0 Å². The smallest absolute Gasteiger partial charge is 0.264 e. The molecule has 1 aliphatic rings. The molecule has 4 rings (SSSR count). The first kappa shape index (κ1) is 18.7. The largest absolute Gasteiger partial charge is 0.497 e. The maximum absolute atomic E-state index is 13.9. The van der Waals surface area contributed by atoms with Crippen LogP contribution in [0, 0.1) is 4.77 Å². The van der Waals surface area contributed by atoms with Gasteiger partial charge in [-0.15, -0.1) is 0 Å². The van der Waals surface area contributed by atoms with E-state index in [0.717, 1.165) is 25.7 Å². The predicted molar refractivity (Wildman–Crippen MR) is 106 cm³/mol. The maximum Gasteiger partial charge on any atom is 0.264 e. The topological polar surface area (TPSA) is 59.9 Å². The van der Waals surface area contributed by atoms with Crippen LogP contribution in [0.2, 0.25) is 0 Å². The standard InChI is InChI=1S/C20H19F2N3O2S/c1-27-13-8-6-11(7-9-13)15-10-14(17(21)22)16-18(23-15)25(12-4-2-3-5-12)20(28)24-19(16)26/h6-10,12,17H,2-5H2,1H3,(H,24,26,28). The van der Waals surface area contributed by atoms with E-state index in [4.69, 9.17) is 17.0 Å². The summed E-state index contributed by atoms with van der Waals surface area (Å²) >= 11 is 5.37. The number of rotatable bonds is 4. The fourth-order valence-corrected chi connectivity index (χ4v) is 4.19. The second-order valence-electron chi connectivity index (χ2n) is 6.89. The van der Waals surface area contributed by atoms with Gasteiger partial charge in [0.2, 0.25) is 0 Å². The lowest BCUT2D eigenvalue weighted by Gasteiger charge is -2.19. The number of hydrogen-bond donors (Lipinski definition) is 1. The van der Waals surface area contributed by atoms with Crippen LogP contribution in [0.4, 0.5) is 8.78 Å². The first-order chi connectivity index (χ1) is 13.5. The average Bonchev–Trinajstić information content (AvgIpc) is 3.21. The van der Waals surface area contributed by atoms with Gasteiger partial charge in [0.05, 0.1) is 18.2 Å². The number of halogens is 2. The van der Waals surface area contributed by atoms with Crippen LogP contribution in [0.15, 0.2) is 35.1 Å². The van der Waals surface area contributed by atoms with Crippen LogP contribution in [0.1, 0.15) is 43.7 Å². The van der Waals surface area contributed by atoms with Crippen LogP contribution in [0.3, 0.4) is 0 Å². The molecule has 0 saturated heterocycles. The summed E-state index contributed by atoms with van der Waals surface area (Å²) in [5.74, 6) is 0.656. The number of aromatic amines is 1. The molecule has 1 aromatic carbocycles. The van der Waals surface area contributed by atoms with Gasteiger partial charge in [0.25, 0.3) is 12.0 Å². The summed E-state index contributed by atoms with van der Waals surface area (Å²) in [7, 11) is 1.56. The second-order valence-corrected chi connectivity index (χ2v) is 7.28. The average molecular weight is 403 g/mol. The summed E-state index contributed by atoms with van der Waals surface area (Å²) in [6.45, 7) is 0. The normalized spacial score (nSPS) is 14.9. The van der Waals surface area contributed by atoms with E-state index in [1.165, 1.54) is 6.07 Å². The Labute approximate surface area is 165 Å². The highest BCUT2D eigenvalue weighted by Gasteiger charge is 2.24. The first-order valence-corrected chi connectivity index (χ1v) is 9.52. The van der Waals surface area contributed by atoms with E-state index in [9.17, 15) is 13.6 Å². The summed E-state index contributed by atoms with van der Waals surface area (Å²) in [6, 6.07) is 8.32. The third kappa shape index (κ3) is 3.22. The molecule has 0 unspecified atom stereocenters. The van der Waals surface area contributed by atoms with Crippen LogP contribution in [-0.4, -0.2) is 21.6 Å². The number of pyridine rings is 1. The zero-order valence-corrected chi connectivity index (χ0v) is 16.1. The highest BCUT2D eigenvalue weighted by Crippen LogP contribution is 2.35. The van der Waals surface area contributed by atoms with Crippen molar-refractivity contribution in [3.63, 3.8) is 0 Å². The minimum Gasteiger partial charge on any atom is -0.497 e. The summed E-state index contributed by atoms with van der Waals surface area (Å²) in [5.41, 5.74) is 0.299. The van der Waals surface area contributed by atoms with Gasteiger partial charge < -0.3 is 4.74 Å². The molecule has 3 aromatic rings. The van der Waals surface area contributed by atoms with Crippen LogP contribution < -0.4 is 10.3 Å². The zero-order valence-electron chi connectivity index (χ0n) is 15.2. The number of aromatic nitrogens is 3. The molecule has 0 amide bonds. The Kier molecular flexibility index (Phi) is 4.97. The van der Waals surface area contributed by atoms with E-state index < -0.39 is 12.0 Å². The van der Waals surface area contributed by atoms with Crippen molar-refractivity contribution in [1.29, 1.82) is 0 Å². The second kappa shape index (κ2) is 7.43. The molecule has 0 radical (unpaired) electrons. The third-order valence-electron chi connectivity index (χ3n) is 5.24. The molecule has 1 N–H and O–H groups in total. The molecular formula is C20H19F2N3O2S. The van der Waals surface area contributed by atoms with Crippen LogP contribution in [0.5, 0.6) is 5.75 Å². The Morgan fingerprint density at radius 1 is 1.25 bits per heavy atom. The summed E-state index contributed by atoms with van der Waals surface area (Å²) in [6.07, 6.45) is 1.03. The fourth-order valence-electron chi connectivity index (χ4n) is 3.86. The Morgan fingerprint density at radius 3 is 2.54 bits per heavy atom. The van der Waals surface area contributed by atoms with Crippen molar-refractivity contribution in [2.24, 2.45) is 0 Å². The monoisotopic (exact) mass is 403 g/mol. The number of nitrogens with one attached hydrogen (secondary N) is 1. The Morgan fingerprint density at radius 2 is 1.93 bits per heavy atom. The first-order valence-electron chi connectivity index (χ1n) is 9.11. The number of methoxy groups -OCH3 is 1. The zero-order chi connectivity index (χ0) is 19.8. The highest BCUT2D eigenvalue weighted by molar-refractivity contribution is 7.71. The Hall–Kier alpha value is -2.61. The third-order valence-corrected chi connectivity index (χ3v) is 5.53. The molecule has 1 aliphatic carbocycles. The molecule has 2 heterocycles. The van der Waals surface area contributed by atoms with Gasteiger partial charge >= 0.3 is 0 Å². The molecule has 5 nitrogen and oxygen atoms in total. The Balaban J connectivity index is 2.03. The van der Waals surface area contributed by atoms with Crippen molar-refractivity contribution < 1.29 is 13.5 Å². The SMILES string of the molecule is COc1ccc(-c2cc(C(F)F)c3c(=O)[nH]c(=S)n(C4CCCC4)c3n2)cc1. The molecule has 1 fully saturated rings. The number of nitrogens with zero attached hydrogens (tertiary/aromatic N) is 2. The van der Waals surface area contributed by atoms with Crippen LogP contribution >= 0.6 is 12.2 Å². The van der Waals surface area contributed by atoms with E-state index in [-0.39, 0.29) is 27.4 Å². The van der Waals surface area contributed by atoms with Crippen molar-refractivity contribution in [1.82, 2.24) is 14.5 Å². The lowest BCUT2D eigenvalue weighted by atomic mass is 10.1. The van der Waals surface area contributed by atoms with E-state index in [1.807, 2.05) is 0 Å². The molecule has 28 heavy (non-hydrogen) atoms. The summed E-state index contributed by atoms with van der Waals surface area (Å²) in [4.78, 5) is 19.7. The molecule has 0 aliphatic heterocycles. The fraction of sp³-hybridized carbons (Fsp3) is 0.350. The van der Waals surface area contributed by atoms with Crippen molar-refractivity contribution in [2.45, 2.75) is 38.2 Å².